The molecule has 2 rings (SSSR count). The van der Waals surface area contributed by atoms with Crippen molar-refractivity contribution >= 4 is 23.9 Å². The van der Waals surface area contributed by atoms with Crippen LogP contribution >= 0.6 is 0 Å². The van der Waals surface area contributed by atoms with Crippen molar-refractivity contribution in [1.82, 2.24) is 15.5 Å². The number of amides is 3. The normalized spacial score (nSPS) is 18.6. The minimum absolute atomic E-state index is 0.0171. The van der Waals surface area contributed by atoms with Crippen molar-refractivity contribution < 1.29 is 33.8 Å². The summed E-state index contributed by atoms with van der Waals surface area (Å²) < 4.78 is 10.2. The van der Waals surface area contributed by atoms with Gasteiger partial charge in [0.2, 0.25) is 11.8 Å². The fraction of sp³-hybridized carbons (Fsp3) is 0.600. The third-order valence-electron chi connectivity index (χ3n) is 5.43. The number of nitrogens with one attached hydrogen (secondary N) is 2. The molecule has 1 fully saturated rings. The minimum atomic E-state index is -1.07. The number of ether oxygens (including phenoxy) is 2. The molecule has 10 heteroatoms. The average Bonchev–Trinajstić information content (AvgIpc) is 3.45. The summed E-state index contributed by atoms with van der Waals surface area (Å²) >= 11 is 0. The molecule has 3 N–H and O–H groups in total. The molecule has 1 aliphatic rings. The molecule has 4 unspecified atom stereocenters. The van der Waals surface area contributed by atoms with Crippen LogP contribution in [0.3, 0.4) is 0 Å². The van der Waals surface area contributed by atoms with E-state index in [4.69, 9.17) is 9.47 Å². The first-order valence-corrected chi connectivity index (χ1v) is 11.9. The van der Waals surface area contributed by atoms with Crippen LogP contribution in [0.15, 0.2) is 24.3 Å². The molecule has 0 saturated heterocycles. The average molecular weight is 492 g/mol. The van der Waals surface area contributed by atoms with E-state index in [1.54, 1.807) is 39.8 Å². The first-order chi connectivity index (χ1) is 16.3. The molecule has 10 nitrogen and oxygen atoms in total. The molecule has 3 amide bonds. The molecule has 0 aliphatic heterocycles. The lowest BCUT2D eigenvalue weighted by molar-refractivity contribution is -0.144. The molecule has 1 saturated carbocycles. The summed E-state index contributed by atoms with van der Waals surface area (Å²) in [6.45, 7) is 10.6. The molecular weight excluding hydrogens is 454 g/mol. The second kappa shape index (κ2) is 11.9. The number of carbonyl (C=O) groups is 4. The van der Waals surface area contributed by atoms with Crippen LogP contribution in [-0.2, 0) is 23.9 Å². The maximum absolute atomic E-state index is 13.6. The number of hydrogen-bond donors (Lipinski definition) is 3. The molecule has 35 heavy (non-hydrogen) atoms. The number of benzene rings is 1. The molecule has 1 aromatic carbocycles. The summed E-state index contributed by atoms with van der Waals surface area (Å²) in [5, 5.41) is 15.3. The molecule has 0 radical (unpaired) electrons. The van der Waals surface area contributed by atoms with E-state index < -0.39 is 41.6 Å². The Balaban J connectivity index is 2.30. The first-order valence-electron chi connectivity index (χ1n) is 11.9. The molecule has 1 aliphatic carbocycles. The van der Waals surface area contributed by atoms with Crippen molar-refractivity contribution in [3.8, 4) is 5.75 Å². The van der Waals surface area contributed by atoms with Crippen molar-refractivity contribution in [2.75, 3.05) is 13.2 Å². The van der Waals surface area contributed by atoms with Crippen LogP contribution in [-0.4, -0.2) is 64.7 Å². The maximum atomic E-state index is 13.6. The lowest BCUT2D eigenvalue weighted by atomic mass is 10.0. The highest BCUT2D eigenvalue weighted by atomic mass is 16.6. The fourth-order valence-electron chi connectivity index (χ4n) is 3.69. The Morgan fingerprint density at radius 2 is 1.89 bits per heavy atom. The van der Waals surface area contributed by atoms with E-state index in [1.807, 2.05) is 6.92 Å². The van der Waals surface area contributed by atoms with E-state index in [-0.39, 0.29) is 37.3 Å². The lowest BCUT2D eigenvalue weighted by Gasteiger charge is -2.34. The van der Waals surface area contributed by atoms with Gasteiger partial charge in [-0.3, -0.25) is 14.4 Å². The van der Waals surface area contributed by atoms with Gasteiger partial charge in [0.25, 0.3) is 0 Å². The number of rotatable bonds is 10. The number of nitrogens with zero attached hydrogens (tertiary/aromatic N) is 1. The standard InChI is InChI=1S/C25H37N3O7/c1-7-34-20(30)11-12-26-22(31)21(17-9-8-10-18(29)14-17)28(19-13-15(19)2)23(32)16(3)27-24(33)35-25(4,5)6/h8-10,14-16,19,21,29H,7,11-13H2,1-6H3,(H,26,31)(H,27,33). The van der Waals surface area contributed by atoms with E-state index >= 15 is 0 Å². The zero-order valence-corrected chi connectivity index (χ0v) is 21.3. The Hall–Kier alpha value is -3.30. The van der Waals surface area contributed by atoms with E-state index in [1.165, 1.54) is 24.0 Å². The van der Waals surface area contributed by atoms with Gasteiger partial charge < -0.3 is 30.1 Å². The van der Waals surface area contributed by atoms with Gasteiger partial charge in [0, 0.05) is 12.6 Å². The van der Waals surface area contributed by atoms with Gasteiger partial charge in [0.05, 0.1) is 13.0 Å². The van der Waals surface area contributed by atoms with Gasteiger partial charge in [-0.1, -0.05) is 19.1 Å². The number of phenols is 1. The summed E-state index contributed by atoms with van der Waals surface area (Å²) in [6.07, 6.45) is -0.0671. The van der Waals surface area contributed by atoms with E-state index in [2.05, 4.69) is 10.6 Å². The Morgan fingerprint density at radius 3 is 2.43 bits per heavy atom. The van der Waals surface area contributed by atoms with Crippen LogP contribution in [0.1, 0.15) is 66.0 Å². The van der Waals surface area contributed by atoms with Crippen LogP contribution in [0, 0.1) is 5.92 Å². The summed E-state index contributed by atoms with van der Waals surface area (Å²) in [4.78, 5) is 52.3. The second-order valence-corrected chi connectivity index (χ2v) is 9.74. The molecular formula is C25H37N3O7. The maximum Gasteiger partial charge on any atom is 0.408 e. The summed E-state index contributed by atoms with van der Waals surface area (Å²) in [5.41, 5.74) is -0.323. The molecule has 0 heterocycles. The number of phenolic OH excluding ortho intramolecular Hbond substituents is 1. The number of alkyl carbamates (subject to hydrolysis) is 1. The van der Waals surface area contributed by atoms with Gasteiger partial charge in [0.1, 0.15) is 23.4 Å². The van der Waals surface area contributed by atoms with Gasteiger partial charge in [-0.05, 0) is 64.7 Å². The van der Waals surface area contributed by atoms with E-state index in [0.717, 1.165) is 0 Å². The molecule has 4 atom stereocenters. The third-order valence-corrected chi connectivity index (χ3v) is 5.43. The zero-order valence-electron chi connectivity index (χ0n) is 21.3. The topological polar surface area (TPSA) is 134 Å². The monoisotopic (exact) mass is 491 g/mol. The Kier molecular flexibility index (Phi) is 9.50. The highest BCUT2D eigenvalue weighted by Crippen LogP contribution is 2.41. The summed E-state index contributed by atoms with van der Waals surface area (Å²) in [7, 11) is 0. The predicted molar refractivity (Wildman–Crippen MR) is 128 cm³/mol. The van der Waals surface area contributed by atoms with Crippen LogP contribution in [0.2, 0.25) is 0 Å². The lowest BCUT2D eigenvalue weighted by Crippen LogP contribution is -2.53. The van der Waals surface area contributed by atoms with Crippen molar-refractivity contribution in [2.45, 2.75) is 78.1 Å². The number of esters is 1. The van der Waals surface area contributed by atoms with Gasteiger partial charge in [-0.25, -0.2) is 4.79 Å². The minimum Gasteiger partial charge on any atom is -0.508 e. The number of carbonyl (C=O) groups excluding carboxylic acids is 4. The van der Waals surface area contributed by atoms with Crippen LogP contribution in [0.4, 0.5) is 4.79 Å². The third kappa shape index (κ3) is 8.45. The van der Waals surface area contributed by atoms with Gasteiger partial charge in [-0.15, -0.1) is 0 Å². The van der Waals surface area contributed by atoms with Crippen LogP contribution in [0.25, 0.3) is 0 Å². The van der Waals surface area contributed by atoms with Crippen molar-refractivity contribution in [2.24, 2.45) is 5.92 Å². The highest BCUT2D eigenvalue weighted by Gasteiger charge is 2.47. The van der Waals surface area contributed by atoms with E-state index in [9.17, 15) is 24.3 Å². The Bertz CT molecular complexity index is 928. The second-order valence-electron chi connectivity index (χ2n) is 9.74. The number of aromatic hydroxyl groups is 1. The molecule has 194 valence electrons. The van der Waals surface area contributed by atoms with Crippen LogP contribution in [0.5, 0.6) is 5.75 Å². The largest absolute Gasteiger partial charge is 0.508 e. The van der Waals surface area contributed by atoms with Crippen molar-refractivity contribution in [1.29, 1.82) is 0 Å². The molecule has 0 aromatic heterocycles. The summed E-state index contributed by atoms with van der Waals surface area (Å²) in [5.74, 6) is -1.31. The Labute approximate surface area is 206 Å². The van der Waals surface area contributed by atoms with E-state index in [0.29, 0.717) is 12.0 Å². The number of hydrogen-bond acceptors (Lipinski definition) is 7. The predicted octanol–water partition coefficient (Wildman–Crippen LogP) is 2.65. The molecule has 0 spiro atoms. The van der Waals surface area contributed by atoms with Gasteiger partial charge >= 0.3 is 12.1 Å². The zero-order chi connectivity index (χ0) is 26.3. The Morgan fingerprint density at radius 1 is 1.23 bits per heavy atom. The molecule has 1 aromatic rings. The quantitative estimate of drug-likeness (QED) is 0.428. The molecule has 0 bridgehead atoms. The van der Waals surface area contributed by atoms with Crippen LogP contribution < -0.4 is 10.6 Å². The van der Waals surface area contributed by atoms with Crippen molar-refractivity contribution in [3.63, 3.8) is 0 Å². The van der Waals surface area contributed by atoms with Crippen molar-refractivity contribution in [3.05, 3.63) is 29.8 Å². The highest BCUT2D eigenvalue weighted by molar-refractivity contribution is 5.92. The van der Waals surface area contributed by atoms with Gasteiger partial charge in [-0.2, -0.15) is 0 Å². The van der Waals surface area contributed by atoms with Gasteiger partial charge in [0.15, 0.2) is 0 Å². The first kappa shape index (κ1) is 27.9. The SMILES string of the molecule is CCOC(=O)CCNC(=O)C(c1cccc(O)c1)N(C(=O)C(C)NC(=O)OC(C)(C)C)C1CC1C. The smallest absolute Gasteiger partial charge is 0.408 e. The summed E-state index contributed by atoms with van der Waals surface area (Å²) in [6, 6.07) is 3.86. The fourth-order valence-corrected chi connectivity index (χ4v) is 3.69.